The van der Waals surface area contributed by atoms with Crippen molar-refractivity contribution in [3.8, 4) is 5.13 Å². The number of nitrogens with zero attached hydrogens (tertiary/aromatic N) is 4. The Morgan fingerprint density at radius 1 is 1.40 bits per heavy atom. The molecule has 0 aliphatic heterocycles. The minimum absolute atomic E-state index is 0.345. The summed E-state index contributed by atoms with van der Waals surface area (Å²) < 4.78 is 1.75. The van der Waals surface area contributed by atoms with E-state index >= 15 is 0 Å². The number of aryl methyl sites for hydroxylation is 1. The van der Waals surface area contributed by atoms with E-state index in [-0.39, 0.29) is 0 Å². The van der Waals surface area contributed by atoms with Crippen LogP contribution in [-0.4, -0.2) is 19.5 Å². The van der Waals surface area contributed by atoms with Gasteiger partial charge < -0.3 is 0 Å². The molecule has 0 saturated heterocycles. The molecule has 0 aliphatic rings. The summed E-state index contributed by atoms with van der Waals surface area (Å²) in [6, 6.07) is 1.91. The number of hydrogen-bond donors (Lipinski definition) is 1. The molecule has 100 valence electrons. The van der Waals surface area contributed by atoms with Crippen molar-refractivity contribution < 1.29 is 0 Å². The third-order valence-electron chi connectivity index (χ3n) is 2.98. The normalized spacial score (nSPS) is 10.9. The van der Waals surface area contributed by atoms with Crippen molar-refractivity contribution >= 4 is 27.9 Å². The van der Waals surface area contributed by atoms with Gasteiger partial charge in [-0.1, -0.05) is 6.58 Å². The molecule has 1 N–H and O–H groups in total. The van der Waals surface area contributed by atoms with Crippen LogP contribution in [0.1, 0.15) is 18.3 Å². The van der Waals surface area contributed by atoms with Crippen LogP contribution in [0.4, 0.5) is 0 Å². The highest BCUT2D eigenvalue weighted by Gasteiger charge is 2.12. The minimum Gasteiger partial charge on any atom is -0.283 e. The molecule has 3 heterocycles. The van der Waals surface area contributed by atoms with Gasteiger partial charge in [0.05, 0.1) is 0 Å². The standard InChI is InChI=1S/C14H13N5S/c1-8(2)11-6-10-7-17-9(3)18-13(10)19(12(11)15)14-16-4-5-20-14/h4-7,15H,1H2,2-3H3. The van der Waals surface area contributed by atoms with Crippen LogP contribution in [0.3, 0.4) is 0 Å². The van der Waals surface area contributed by atoms with Crippen molar-refractivity contribution in [2.75, 3.05) is 0 Å². The van der Waals surface area contributed by atoms with E-state index in [0.717, 1.165) is 21.7 Å². The molecule has 0 aliphatic carbocycles. The smallest absolute Gasteiger partial charge is 0.196 e. The van der Waals surface area contributed by atoms with Crippen molar-refractivity contribution in [2.45, 2.75) is 13.8 Å². The predicted molar refractivity (Wildman–Crippen MR) is 79.8 cm³/mol. The zero-order chi connectivity index (χ0) is 14.3. The molecule has 3 aromatic rings. The van der Waals surface area contributed by atoms with Crippen LogP contribution in [0.25, 0.3) is 21.7 Å². The maximum Gasteiger partial charge on any atom is 0.196 e. The molecular formula is C14H13N5S. The lowest BCUT2D eigenvalue weighted by molar-refractivity contribution is 0.914. The van der Waals surface area contributed by atoms with Crippen molar-refractivity contribution in [1.82, 2.24) is 19.5 Å². The highest BCUT2D eigenvalue weighted by Crippen LogP contribution is 2.19. The van der Waals surface area contributed by atoms with Gasteiger partial charge in [-0.25, -0.2) is 15.0 Å². The largest absolute Gasteiger partial charge is 0.283 e. The Kier molecular flexibility index (Phi) is 2.94. The first-order valence-electron chi connectivity index (χ1n) is 6.07. The highest BCUT2D eigenvalue weighted by molar-refractivity contribution is 7.12. The van der Waals surface area contributed by atoms with E-state index in [9.17, 15) is 0 Å². The Hall–Kier alpha value is -2.34. The van der Waals surface area contributed by atoms with E-state index in [0.29, 0.717) is 17.0 Å². The first-order valence-corrected chi connectivity index (χ1v) is 6.95. The Bertz CT molecular complexity index is 861. The molecule has 0 radical (unpaired) electrons. The van der Waals surface area contributed by atoms with Gasteiger partial charge in [-0.15, -0.1) is 11.3 Å². The van der Waals surface area contributed by atoms with Crippen LogP contribution in [-0.2, 0) is 0 Å². The SMILES string of the molecule is C=C(C)c1cc2cnc(C)nc2n(-c2nccs2)c1=N. The Morgan fingerprint density at radius 3 is 2.85 bits per heavy atom. The number of hydrogen-bond acceptors (Lipinski definition) is 5. The molecule has 0 aromatic carbocycles. The Labute approximate surface area is 119 Å². The van der Waals surface area contributed by atoms with Crippen LogP contribution >= 0.6 is 11.3 Å². The van der Waals surface area contributed by atoms with Gasteiger partial charge in [-0.2, -0.15) is 0 Å². The van der Waals surface area contributed by atoms with Gasteiger partial charge in [0, 0.05) is 28.7 Å². The van der Waals surface area contributed by atoms with Gasteiger partial charge >= 0.3 is 0 Å². The molecule has 0 atom stereocenters. The number of allylic oxidation sites excluding steroid dienone is 1. The van der Waals surface area contributed by atoms with Crippen LogP contribution in [0.15, 0.2) is 30.4 Å². The van der Waals surface area contributed by atoms with E-state index in [4.69, 9.17) is 5.41 Å². The summed E-state index contributed by atoms with van der Waals surface area (Å²) in [6.07, 6.45) is 3.49. The van der Waals surface area contributed by atoms with Gasteiger partial charge in [-0.3, -0.25) is 9.98 Å². The molecular weight excluding hydrogens is 270 g/mol. The number of pyridine rings is 1. The summed E-state index contributed by atoms with van der Waals surface area (Å²) in [5.41, 5.74) is 2.66. The van der Waals surface area contributed by atoms with Crippen LogP contribution in [0, 0.1) is 12.3 Å². The molecule has 0 amide bonds. The highest BCUT2D eigenvalue weighted by atomic mass is 32.1. The summed E-state index contributed by atoms with van der Waals surface area (Å²) in [6.45, 7) is 7.67. The lowest BCUT2D eigenvalue weighted by Gasteiger charge is -2.11. The van der Waals surface area contributed by atoms with Crippen molar-refractivity contribution in [3.05, 3.63) is 47.3 Å². The first kappa shape index (κ1) is 12.7. The first-order chi connectivity index (χ1) is 9.58. The molecule has 0 fully saturated rings. The van der Waals surface area contributed by atoms with Gasteiger partial charge in [0.15, 0.2) is 10.8 Å². The Balaban J connectivity index is 2.51. The molecule has 3 aromatic heterocycles. The fourth-order valence-electron chi connectivity index (χ4n) is 2.04. The van der Waals surface area contributed by atoms with Gasteiger partial charge in [0.1, 0.15) is 11.3 Å². The lowest BCUT2D eigenvalue weighted by atomic mass is 10.1. The predicted octanol–water partition coefficient (Wildman–Crippen LogP) is 2.70. The zero-order valence-corrected chi connectivity index (χ0v) is 12.0. The number of thiazole rings is 1. The summed E-state index contributed by atoms with van der Waals surface area (Å²) in [5, 5.41) is 11.9. The number of rotatable bonds is 2. The van der Waals surface area contributed by atoms with Crippen molar-refractivity contribution in [1.29, 1.82) is 5.41 Å². The molecule has 0 saturated carbocycles. The second-order valence-corrected chi connectivity index (χ2v) is 5.41. The zero-order valence-electron chi connectivity index (χ0n) is 11.2. The van der Waals surface area contributed by atoms with E-state index < -0.39 is 0 Å². The Morgan fingerprint density at radius 2 is 2.20 bits per heavy atom. The minimum atomic E-state index is 0.345. The third kappa shape index (κ3) is 1.94. The number of aromatic nitrogens is 4. The van der Waals surface area contributed by atoms with Crippen LogP contribution in [0.5, 0.6) is 0 Å². The second kappa shape index (κ2) is 4.64. The lowest BCUT2D eigenvalue weighted by Crippen LogP contribution is -2.23. The van der Waals surface area contributed by atoms with Crippen LogP contribution in [0.2, 0.25) is 0 Å². The molecule has 0 unspecified atom stereocenters. The average Bonchev–Trinajstić information content (AvgIpc) is 2.91. The summed E-state index contributed by atoms with van der Waals surface area (Å²) in [7, 11) is 0. The third-order valence-corrected chi connectivity index (χ3v) is 3.73. The molecule has 5 nitrogen and oxygen atoms in total. The van der Waals surface area contributed by atoms with Crippen molar-refractivity contribution in [3.63, 3.8) is 0 Å². The summed E-state index contributed by atoms with van der Waals surface area (Å²) in [5.74, 6) is 0.672. The number of nitrogens with one attached hydrogen (secondary N) is 1. The van der Waals surface area contributed by atoms with E-state index in [2.05, 4.69) is 21.5 Å². The van der Waals surface area contributed by atoms with Gasteiger partial charge in [0.25, 0.3) is 0 Å². The monoisotopic (exact) mass is 283 g/mol. The fraction of sp³-hybridized carbons (Fsp3) is 0.143. The molecule has 3 rings (SSSR count). The molecule has 0 bridgehead atoms. The van der Waals surface area contributed by atoms with Crippen LogP contribution < -0.4 is 5.49 Å². The topological polar surface area (TPSA) is 67.5 Å². The number of fused-ring (bicyclic) bond motifs is 1. The van der Waals surface area contributed by atoms with Crippen molar-refractivity contribution in [2.24, 2.45) is 0 Å². The average molecular weight is 283 g/mol. The van der Waals surface area contributed by atoms with Gasteiger partial charge in [-0.05, 0) is 25.5 Å². The maximum atomic E-state index is 8.41. The molecule has 6 heteroatoms. The summed E-state index contributed by atoms with van der Waals surface area (Å²) in [4.78, 5) is 13.0. The second-order valence-electron chi connectivity index (χ2n) is 4.53. The quantitative estimate of drug-likeness (QED) is 0.786. The van der Waals surface area contributed by atoms with E-state index in [1.165, 1.54) is 11.3 Å². The van der Waals surface area contributed by atoms with Gasteiger partial charge in [0.2, 0.25) is 0 Å². The van der Waals surface area contributed by atoms with E-state index in [1.807, 2.05) is 25.3 Å². The fourth-order valence-corrected chi connectivity index (χ4v) is 2.68. The van der Waals surface area contributed by atoms with E-state index in [1.54, 1.807) is 17.0 Å². The molecule has 0 spiro atoms. The molecule has 20 heavy (non-hydrogen) atoms. The maximum absolute atomic E-state index is 8.41. The summed E-state index contributed by atoms with van der Waals surface area (Å²) >= 11 is 1.47.